The van der Waals surface area contributed by atoms with Gasteiger partial charge in [0.05, 0.1) is 12.2 Å². The molecule has 6 heteroatoms. The first-order valence-corrected chi connectivity index (χ1v) is 6.63. The molecule has 0 unspecified atom stereocenters. The van der Waals surface area contributed by atoms with Gasteiger partial charge in [0.15, 0.2) is 5.75 Å². The van der Waals surface area contributed by atoms with Crippen LogP contribution in [0.2, 0.25) is 0 Å². The quantitative estimate of drug-likeness (QED) is 0.894. The Bertz CT molecular complexity index is 568. The number of hydrogen-bond donors (Lipinski definition) is 1. The average molecular weight is 276 g/mol. The van der Waals surface area contributed by atoms with Crippen LogP contribution in [0.4, 0.5) is 10.5 Å². The molecule has 1 aliphatic carbocycles. The number of amides is 2. The van der Waals surface area contributed by atoms with Gasteiger partial charge in [0.2, 0.25) is 0 Å². The molecular formula is C14H16N2O4. The zero-order chi connectivity index (χ0) is 14.3. The summed E-state index contributed by atoms with van der Waals surface area (Å²) in [4.78, 5) is 27.0. The largest absolute Gasteiger partial charge is 0.489 e. The van der Waals surface area contributed by atoms with E-state index in [0.29, 0.717) is 24.9 Å². The Kier molecular flexibility index (Phi) is 3.00. The molecule has 3 rings (SSSR count). The minimum Gasteiger partial charge on any atom is -0.489 e. The van der Waals surface area contributed by atoms with E-state index in [1.165, 1.54) is 6.07 Å². The van der Waals surface area contributed by atoms with Gasteiger partial charge >= 0.3 is 12.0 Å². The number of carbonyl (C=O) groups excluding carboxylic acids is 1. The molecule has 0 bridgehead atoms. The normalized spacial score (nSPS) is 17.1. The third-order valence-electron chi connectivity index (χ3n) is 3.70. The second-order valence-corrected chi connectivity index (χ2v) is 5.08. The van der Waals surface area contributed by atoms with Gasteiger partial charge in [-0.25, -0.2) is 9.59 Å². The van der Waals surface area contributed by atoms with E-state index in [-0.39, 0.29) is 17.3 Å². The highest BCUT2D eigenvalue weighted by molar-refractivity contribution is 5.99. The lowest BCUT2D eigenvalue weighted by Gasteiger charge is -2.33. The number of rotatable bonds is 2. The van der Waals surface area contributed by atoms with E-state index < -0.39 is 5.97 Å². The van der Waals surface area contributed by atoms with Crippen molar-refractivity contribution in [1.82, 2.24) is 4.90 Å². The minimum atomic E-state index is -1.05. The molecule has 1 heterocycles. The molecule has 1 N–H and O–H groups in total. The fourth-order valence-corrected chi connectivity index (χ4v) is 2.42. The van der Waals surface area contributed by atoms with Crippen molar-refractivity contribution in [3.05, 3.63) is 23.8 Å². The molecule has 1 aliphatic heterocycles. The van der Waals surface area contributed by atoms with Crippen LogP contribution in [0.3, 0.4) is 0 Å². The van der Waals surface area contributed by atoms with Crippen LogP contribution in [-0.4, -0.2) is 48.2 Å². The number of fused-ring (bicyclic) bond motifs is 1. The Balaban J connectivity index is 1.95. The van der Waals surface area contributed by atoms with Crippen LogP contribution in [0, 0.1) is 0 Å². The highest BCUT2D eigenvalue weighted by Gasteiger charge is 2.35. The molecule has 1 saturated carbocycles. The molecule has 0 aromatic heterocycles. The van der Waals surface area contributed by atoms with Crippen LogP contribution in [-0.2, 0) is 0 Å². The van der Waals surface area contributed by atoms with E-state index in [1.54, 1.807) is 29.0 Å². The molecule has 106 valence electrons. The van der Waals surface area contributed by atoms with Crippen molar-refractivity contribution in [1.29, 1.82) is 0 Å². The predicted octanol–water partition coefficient (Wildman–Crippen LogP) is 1.80. The van der Waals surface area contributed by atoms with E-state index in [0.717, 1.165) is 12.8 Å². The number of ether oxygens (including phenoxy) is 1. The molecule has 2 amide bonds. The van der Waals surface area contributed by atoms with Gasteiger partial charge in [-0.15, -0.1) is 0 Å². The van der Waals surface area contributed by atoms with Gasteiger partial charge in [-0.2, -0.15) is 0 Å². The van der Waals surface area contributed by atoms with Crippen molar-refractivity contribution in [3.8, 4) is 5.75 Å². The molecule has 1 aromatic carbocycles. The van der Waals surface area contributed by atoms with Crippen molar-refractivity contribution < 1.29 is 19.4 Å². The summed E-state index contributed by atoms with van der Waals surface area (Å²) >= 11 is 0. The first-order valence-electron chi connectivity index (χ1n) is 6.63. The summed E-state index contributed by atoms with van der Waals surface area (Å²) < 4.78 is 5.46. The number of aromatic carboxylic acids is 1. The third-order valence-corrected chi connectivity index (χ3v) is 3.70. The average Bonchev–Trinajstić information content (AvgIpc) is 3.28. The number of benzene rings is 1. The Hall–Kier alpha value is -2.24. The summed E-state index contributed by atoms with van der Waals surface area (Å²) in [5.41, 5.74) is 0.628. The summed E-state index contributed by atoms with van der Waals surface area (Å²) in [5.74, 6) is -0.768. The van der Waals surface area contributed by atoms with Crippen LogP contribution in [0.25, 0.3) is 0 Å². The van der Waals surface area contributed by atoms with Gasteiger partial charge in [-0.3, -0.25) is 4.90 Å². The summed E-state index contributed by atoms with van der Waals surface area (Å²) in [6, 6.07) is 5.06. The maximum absolute atomic E-state index is 12.5. The number of para-hydroxylation sites is 1. The molecule has 0 saturated heterocycles. The number of carbonyl (C=O) groups is 2. The lowest BCUT2D eigenvalue weighted by molar-refractivity contribution is 0.0691. The first-order chi connectivity index (χ1) is 9.59. The predicted molar refractivity (Wildman–Crippen MR) is 72.4 cm³/mol. The molecular weight excluding hydrogens is 260 g/mol. The van der Waals surface area contributed by atoms with E-state index in [9.17, 15) is 14.7 Å². The monoisotopic (exact) mass is 276 g/mol. The highest BCUT2D eigenvalue weighted by Crippen LogP contribution is 2.36. The van der Waals surface area contributed by atoms with Crippen molar-refractivity contribution in [3.63, 3.8) is 0 Å². The van der Waals surface area contributed by atoms with E-state index >= 15 is 0 Å². The number of carboxylic acid groups (broad SMARTS) is 1. The molecule has 1 fully saturated rings. The van der Waals surface area contributed by atoms with Gasteiger partial charge in [0.1, 0.15) is 12.2 Å². The minimum absolute atomic E-state index is 0.0917. The zero-order valence-electron chi connectivity index (χ0n) is 11.2. The Morgan fingerprint density at radius 3 is 2.80 bits per heavy atom. The molecule has 6 nitrogen and oxygen atoms in total. The summed E-state index contributed by atoms with van der Waals surface area (Å²) in [7, 11) is 1.79. The maximum Gasteiger partial charge on any atom is 0.339 e. The zero-order valence-corrected chi connectivity index (χ0v) is 11.2. The lowest BCUT2D eigenvalue weighted by Crippen LogP contribution is -2.46. The van der Waals surface area contributed by atoms with Gasteiger partial charge in [-0.05, 0) is 25.0 Å². The topological polar surface area (TPSA) is 70.1 Å². The molecule has 0 radical (unpaired) electrons. The molecule has 0 atom stereocenters. The fourth-order valence-electron chi connectivity index (χ4n) is 2.42. The second kappa shape index (κ2) is 4.70. The van der Waals surface area contributed by atoms with E-state index in [1.807, 2.05) is 0 Å². The summed E-state index contributed by atoms with van der Waals surface area (Å²) in [5, 5.41) is 9.18. The smallest absolute Gasteiger partial charge is 0.339 e. The molecule has 1 aromatic rings. The Morgan fingerprint density at radius 2 is 2.15 bits per heavy atom. The molecule has 0 spiro atoms. The number of hydrogen-bond acceptors (Lipinski definition) is 3. The maximum atomic E-state index is 12.5. The number of nitrogens with zero attached hydrogens (tertiary/aromatic N) is 2. The van der Waals surface area contributed by atoms with Crippen LogP contribution < -0.4 is 9.64 Å². The van der Waals surface area contributed by atoms with Crippen LogP contribution in [0.1, 0.15) is 23.2 Å². The standard InChI is InChI=1S/C14H16N2O4/c1-15(9-5-6-9)14(19)16-7-8-20-12-10(13(17)18)3-2-4-11(12)16/h2-4,9H,5-8H2,1H3,(H,17,18). The summed E-state index contributed by atoms with van der Waals surface area (Å²) in [6.45, 7) is 0.744. The number of urea groups is 1. The Morgan fingerprint density at radius 1 is 1.40 bits per heavy atom. The SMILES string of the molecule is CN(C(=O)N1CCOc2c(C(=O)O)cccc21)C1CC1. The van der Waals surface area contributed by atoms with Gasteiger partial charge < -0.3 is 14.7 Å². The van der Waals surface area contributed by atoms with Crippen LogP contribution in [0.15, 0.2) is 18.2 Å². The van der Waals surface area contributed by atoms with Crippen molar-refractivity contribution in [2.45, 2.75) is 18.9 Å². The van der Waals surface area contributed by atoms with Crippen LogP contribution in [0.5, 0.6) is 5.75 Å². The van der Waals surface area contributed by atoms with Crippen molar-refractivity contribution in [2.75, 3.05) is 25.1 Å². The fraction of sp³-hybridized carbons (Fsp3) is 0.429. The van der Waals surface area contributed by atoms with Gasteiger partial charge in [-0.1, -0.05) is 6.07 Å². The number of anilines is 1. The first kappa shape index (κ1) is 12.8. The molecule has 2 aliphatic rings. The van der Waals surface area contributed by atoms with Crippen molar-refractivity contribution in [2.24, 2.45) is 0 Å². The van der Waals surface area contributed by atoms with E-state index in [4.69, 9.17) is 4.74 Å². The van der Waals surface area contributed by atoms with Gasteiger partial charge in [0, 0.05) is 13.1 Å². The highest BCUT2D eigenvalue weighted by atomic mass is 16.5. The Labute approximate surface area is 116 Å². The summed E-state index contributed by atoms with van der Waals surface area (Å²) in [6.07, 6.45) is 2.07. The van der Waals surface area contributed by atoms with Crippen molar-refractivity contribution >= 4 is 17.7 Å². The second-order valence-electron chi connectivity index (χ2n) is 5.08. The van der Waals surface area contributed by atoms with Gasteiger partial charge in [0.25, 0.3) is 0 Å². The third kappa shape index (κ3) is 2.07. The van der Waals surface area contributed by atoms with E-state index in [2.05, 4.69) is 0 Å². The number of carboxylic acids is 1. The molecule has 20 heavy (non-hydrogen) atoms. The lowest BCUT2D eigenvalue weighted by atomic mass is 10.1. The van der Waals surface area contributed by atoms with Crippen LogP contribution >= 0.6 is 0 Å².